The second-order valence-corrected chi connectivity index (χ2v) is 7.42. The Balaban J connectivity index is 1.49. The second kappa shape index (κ2) is 6.73. The van der Waals surface area contributed by atoms with Crippen molar-refractivity contribution in [2.75, 3.05) is 18.8 Å². The van der Waals surface area contributed by atoms with E-state index in [1.54, 1.807) is 0 Å². The van der Waals surface area contributed by atoms with Gasteiger partial charge < -0.3 is 9.30 Å². The zero-order valence-corrected chi connectivity index (χ0v) is 14.3. The van der Waals surface area contributed by atoms with Gasteiger partial charge in [0.1, 0.15) is 0 Å². The monoisotopic (exact) mass is 336 g/mol. The van der Waals surface area contributed by atoms with Gasteiger partial charge in [0.15, 0.2) is 0 Å². The summed E-state index contributed by atoms with van der Waals surface area (Å²) in [6.45, 7) is 1.64. The van der Waals surface area contributed by atoms with Gasteiger partial charge >= 0.3 is 0 Å². The number of pyridine rings is 1. The molecule has 4 rings (SSSR count). The fourth-order valence-corrected chi connectivity index (χ4v) is 4.49. The van der Waals surface area contributed by atoms with Crippen LogP contribution in [0.4, 0.5) is 0 Å². The third-order valence-corrected chi connectivity index (χ3v) is 5.88. The maximum atomic E-state index is 12.9. The molecule has 122 valence electrons. The maximum absolute atomic E-state index is 12.9. The molecule has 1 fully saturated rings. The predicted octanol–water partition coefficient (Wildman–Crippen LogP) is 4.26. The van der Waals surface area contributed by atoms with Crippen LogP contribution in [-0.2, 0) is 0 Å². The molecule has 1 atom stereocenters. The third kappa shape index (κ3) is 3.06. The van der Waals surface area contributed by atoms with Crippen LogP contribution >= 0.6 is 11.8 Å². The second-order valence-electron chi connectivity index (χ2n) is 6.11. The summed E-state index contributed by atoms with van der Waals surface area (Å²) in [7, 11) is 0. The van der Waals surface area contributed by atoms with E-state index < -0.39 is 0 Å². The molecule has 1 unspecified atom stereocenters. The Labute approximate surface area is 146 Å². The van der Waals surface area contributed by atoms with E-state index in [1.807, 2.05) is 57.7 Å². The minimum atomic E-state index is 0.146. The quantitative estimate of drug-likeness (QED) is 0.698. The van der Waals surface area contributed by atoms with Crippen molar-refractivity contribution in [3.05, 3.63) is 78.1 Å². The summed E-state index contributed by atoms with van der Waals surface area (Å²) in [4.78, 5) is 14.9. The molecule has 0 aliphatic carbocycles. The maximum Gasteiger partial charge on any atom is 0.255 e. The van der Waals surface area contributed by atoms with Crippen molar-refractivity contribution in [2.45, 2.75) is 11.7 Å². The van der Waals surface area contributed by atoms with Crippen LogP contribution in [0, 0.1) is 0 Å². The first-order valence-electron chi connectivity index (χ1n) is 8.34. The van der Waals surface area contributed by atoms with Crippen LogP contribution in [0.2, 0.25) is 0 Å². The lowest BCUT2D eigenvalue weighted by atomic mass is 10.1. The van der Waals surface area contributed by atoms with Gasteiger partial charge in [-0.05, 0) is 30.2 Å². The number of fused-ring (bicyclic) bond motifs is 1. The van der Waals surface area contributed by atoms with Gasteiger partial charge in [0.2, 0.25) is 0 Å². The highest BCUT2D eigenvalue weighted by atomic mass is 32.2. The largest absolute Gasteiger partial charge is 0.338 e. The first-order valence-corrected chi connectivity index (χ1v) is 9.39. The molecule has 1 amide bonds. The Hall–Kier alpha value is -2.20. The average molecular weight is 336 g/mol. The van der Waals surface area contributed by atoms with Gasteiger partial charge in [0.05, 0.1) is 5.56 Å². The summed E-state index contributed by atoms with van der Waals surface area (Å²) in [5.41, 5.74) is 3.21. The fraction of sp³-hybridized carbons (Fsp3) is 0.250. The van der Waals surface area contributed by atoms with E-state index in [0.717, 1.165) is 36.3 Å². The first kappa shape index (κ1) is 15.3. The number of hydrogen-bond acceptors (Lipinski definition) is 2. The number of carbonyl (C=O) groups is 1. The van der Waals surface area contributed by atoms with Gasteiger partial charge in [0.25, 0.3) is 5.91 Å². The molecule has 0 radical (unpaired) electrons. The van der Waals surface area contributed by atoms with Gasteiger partial charge in [0, 0.05) is 42.0 Å². The topological polar surface area (TPSA) is 24.7 Å². The van der Waals surface area contributed by atoms with Crippen molar-refractivity contribution in [3.8, 4) is 0 Å². The van der Waals surface area contributed by atoms with Crippen molar-refractivity contribution in [1.82, 2.24) is 9.30 Å². The highest BCUT2D eigenvalue weighted by molar-refractivity contribution is 7.99. The molecule has 3 nitrogen and oxygen atoms in total. The summed E-state index contributed by atoms with van der Waals surface area (Å²) in [6.07, 6.45) is 4.92. The third-order valence-electron chi connectivity index (χ3n) is 4.55. The van der Waals surface area contributed by atoms with Crippen molar-refractivity contribution in [3.63, 3.8) is 0 Å². The number of aromatic nitrogens is 1. The molecular formula is C20H20N2OS. The molecule has 24 heavy (non-hydrogen) atoms. The number of carbonyl (C=O) groups excluding carboxylic acids is 1. The molecule has 2 aromatic heterocycles. The lowest BCUT2D eigenvalue weighted by Gasteiger charge is -2.19. The van der Waals surface area contributed by atoms with Crippen molar-refractivity contribution < 1.29 is 4.79 Å². The summed E-state index contributed by atoms with van der Waals surface area (Å²) >= 11 is 1.96. The van der Waals surface area contributed by atoms with Crippen LogP contribution in [0.1, 0.15) is 27.6 Å². The molecule has 1 aliphatic rings. The van der Waals surface area contributed by atoms with Gasteiger partial charge in [-0.3, -0.25) is 4.79 Å². The Kier molecular flexibility index (Phi) is 4.30. The molecule has 1 saturated heterocycles. The summed E-state index contributed by atoms with van der Waals surface area (Å²) in [5.74, 6) is 1.13. The molecule has 0 saturated carbocycles. The Morgan fingerprint density at radius 3 is 2.71 bits per heavy atom. The van der Waals surface area contributed by atoms with E-state index in [1.165, 1.54) is 5.56 Å². The SMILES string of the molecule is O=C(c1cc2ccccn2c1)N1CCSC(c2ccccc2)CC1. The summed E-state index contributed by atoms with van der Waals surface area (Å²) in [5, 5.41) is 0.483. The van der Waals surface area contributed by atoms with Crippen LogP contribution in [0.15, 0.2) is 67.0 Å². The highest BCUT2D eigenvalue weighted by Gasteiger charge is 2.23. The van der Waals surface area contributed by atoms with E-state index in [2.05, 4.69) is 30.3 Å². The molecule has 1 aromatic carbocycles. The molecule has 0 N–H and O–H groups in total. The van der Waals surface area contributed by atoms with Crippen molar-refractivity contribution in [2.24, 2.45) is 0 Å². The standard InChI is InChI=1S/C20H20N2OS/c23-20(17-14-18-8-4-5-10-22(18)15-17)21-11-9-19(24-13-12-21)16-6-2-1-3-7-16/h1-8,10,14-15,19H,9,11-13H2. The predicted molar refractivity (Wildman–Crippen MR) is 99.6 cm³/mol. The molecular weight excluding hydrogens is 316 g/mol. The van der Waals surface area contributed by atoms with Gasteiger partial charge in [-0.1, -0.05) is 36.4 Å². The minimum absolute atomic E-state index is 0.146. The minimum Gasteiger partial charge on any atom is -0.338 e. The number of hydrogen-bond donors (Lipinski definition) is 0. The zero-order chi connectivity index (χ0) is 16.4. The smallest absolute Gasteiger partial charge is 0.255 e. The number of nitrogens with zero attached hydrogens (tertiary/aromatic N) is 2. The van der Waals surface area contributed by atoms with Crippen molar-refractivity contribution >= 4 is 23.2 Å². The number of benzene rings is 1. The fourth-order valence-electron chi connectivity index (χ4n) is 3.26. The summed E-state index contributed by atoms with van der Waals surface area (Å²) in [6, 6.07) is 18.6. The zero-order valence-electron chi connectivity index (χ0n) is 13.5. The van der Waals surface area contributed by atoms with Gasteiger partial charge in [-0.15, -0.1) is 0 Å². The van der Waals surface area contributed by atoms with Gasteiger partial charge in [-0.25, -0.2) is 0 Å². The highest BCUT2D eigenvalue weighted by Crippen LogP contribution is 2.34. The molecule has 0 spiro atoms. The van der Waals surface area contributed by atoms with E-state index >= 15 is 0 Å². The number of rotatable bonds is 2. The van der Waals surface area contributed by atoms with E-state index in [0.29, 0.717) is 5.25 Å². The first-order chi connectivity index (χ1) is 11.8. The normalized spacial score (nSPS) is 18.5. The Morgan fingerprint density at radius 1 is 1.04 bits per heavy atom. The molecule has 3 aromatic rings. The van der Waals surface area contributed by atoms with Crippen LogP contribution in [0.25, 0.3) is 5.52 Å². The van der Waals surface area contributed by atoms with E-state index in [9.17, 15) is 4.79 Å². The molecule has 3 heterocycles. The summed E-state index contributed by atoms with van der Waals surface area (Å²) < 4.78 is 2.01. The average Bonchev–Trinajstić information content (AvgIpc) is 2.91. The Bertz CT molecular complexity index is 810. The number of amides is 1. The van der Waals surface area contributed by atoms with E-state index in [4.69, 9.17) is 0 Å². The molecule has 0 bridgehead atoms. The number of thioether (sulfide) groups is 1. The van der Waals surface area contributed by atoms with Crippen LogP contribution < -0.4 is 0 Å². The van der Waals surface area contributed by atoms with E-state index in [-0.39, 0.29) is 5.91 Å². The van der Waals surface area contributed by atoms with Crippen molar-refractivity contribution in [1.29, 1.82) is 0 Å². The molecule has 1 aliphatic heterocycles. The lowest BCUT2D eigenvalue weighted by molar-refractivity contribution is 0.0766. The van der Waals surface area contributed by atoms with Crippen LogP contribution in [0.3, 0.4) is 0 Å². The molecule has 4 heteroatoms. The van der Waals surface area contributed by atoms with Gasteiger partial charge in [-0.2, -0.15) is 11.8 Å². The lowest BCUT2D eigenvalue weighted by Crippen LogP contribution is -2.32. The van der Waals surface area contributed by atoms with Crippen LogP contribution in [-0.4, -0.2) is 34.1 Å². The Morgan fingerprint density at radius 2 is 1.88 bits per heavy atom. The van der Waals surface area contributed by atoms with Crippen LogP contribution in [0.5, 0.6) is 0 Å².